The van der Waals surface area contributed by atoms with E-state index in [1.165, 1.54) is 0 Å². The van der Waals surface area contributed by atoms with Crippen molar-refractivity contribution in [3.8, 4) is 11.5 Å². The molecule has 2 aromatic carbocycles. The molecule has 0 saturated carbocycles. The van der Waals surface area contributed by atoms with Crippen molar-refractivity contribution < 1.29 is 14.6 Å². The largest absolute Gasteiger partial charge is 0.507 e. The van der Waals surface area contributed by atoms with Crippen molar-refractivity contribution in [1.29, 1.82) is 0 Å². The van der Waals surface area contributed by atoms with Crippen LogP contribution in [0.2, 0.25) is 0 Å². The number of aromatic hydroxyl groups is 1. The predicted molar refractivity (Wildman–Crippen MR) is 148 cm³/mol. The predicted octanol–water partition coefficient (Wildman–Crippen LogP) is 4.88. The minimum atomic E-state index is -0.137. The highest BCUT2D eigenvalue weighted by Gasteiger charge is 2.34. The minimum Gasteiger partial charge on any atom is -0.507 e. The molecule has 0 aliphatic carbocycles. The van der Waals surface area contributed by atoms with E-state index < -0.39 is 0 Å². The summed E-state index contributed by atoms with van der Waals surface area (Å²) in [6.45, 7) is 11.9. The lowest BCUT2D eigenvalue weighted by Crippen LogP contribution is -2.46. The van der Waals surface area contributed by atoms with E-state index in [4.69, 9.17) is 4.74 Å². The van der Waals surface area contributed by atoms with Crippen molar-refractivity contribution in [3.63, 3.8) is 0 Å². The fourth-order valence-electron chi connectivity index (χ4n) is 5.15. The first kappa shape index (κ1) is 24.8. The molecular weight excluding hydrogens is 464 g/mol. The second kappa shape index (κ2) is 10.6. The second-order valence-corrected chi connectivity index (χ2v) is 9.55. The van der Waals surface area contributed by atoms with Crippen molar-refractivity contribution in [3.05, 3.63) is 82.7 Å². The molecule has 1 fully saturated rings. The van der Waals surface area contributed by atoms with Crippen LogP contribution in [0.3, 0.4) is 0 Å². The Morgan fingerprint density at radius 1 is 1.05 bits per heavy atom. The summed E-state index contributed by atoms with van der Waals surface area (Å²) in [6, 6.07) is 15.8. The number of ether oxygens (including phenoxy) is 1. The van der Waals surface area contributed by atoms with Crippen molar-refractivity contribution in [2.45, 2.75) is 27.3 Å². The molecular formula is C30H34N4O3. The number of phenolic OH excluding ortho intramolecular Hbond substituents is 1. The zero-order valence-electron chi connectivity index (χ0n) is 21.8. The average molecular weight is 499 g/mol. The van der Waals surface area contributed by atoms with Crippen LogP contribution in [0.15, 0.2) is 60.5 Å². The smallest absolute Gasteiger partial charge is 0.232 e. The van der Waals surface area contributed by atoms with Gasteiger partial charge in [0, 0.05) is 57.7 Å². The van der Waals surface area contributed by atoms with Crippen LogP contribution in [0, 0.1) is 6.92 Å². The number of pyridine rings is 1. The molecule has 192 valence electrons. The fourth-order valence-corrected chi connectivity index (χ4v) is 5.15. The molecule has 0 atom stereocenters. The maximum Gasteiger partial charge on any atom is 0.232 e. The van der Waals surface area contributed by atoms with E-state index in [9.17, 15) is 9.90 Å². The molecule has 3 aromatic rings. The van der Waals surface area contributed by atoms with Crippen LogP contribution in [-0.4, -0.2) is 60.0 Å². The Labute approximate surface area is 218 Å². The summed E-state index contributed by atoms with van der Waals surface area (Å²) in [7, 11) is 0. The summed E-state index contributed by atoms with van der Waals surface area (Å²) in [5.74, 6) is 1.79. The lowest BCUT2D eigenvalue weighted by atomic mass is 9.99. The number of Topliss-reactive ketones (excluding diaryl/α,β-unsaturated/α-hetero) is 1. The molecule has 5 rings (SSSR count). The number of allylic oxidation sites excluding steroid dienone is 1. The zero-order chi connectivity index (χ0) is 25.9. The van der Waals surface area contributed by atoms with Crippen LogP contribution in [0.25, 0.3) is 6.08 Å². The topological polar surface area (TPSA) is 69.1 Å². The number of aryl methyl sites for hydroxylation is 1. The van der Waals surface area contributed by atoms with E-state index in [-0.39, 0.29) is 11.5 Å². The number of hydrogen-bond donors (Lipinski definition) is 1. The van der Waals surface area contributed by atoms with Crippen LogP contribution < -0.4 is 14.5 Å². The van der Waals surface area contributed by atoms with Gasteiger partial charge in [0.25, 0.3) is 0 Å². The number of nitrogens with zero attached hydrogens (tertiary/aromatic N) is 4. The molecule has 3 heterocycles. The molecule has 0 radical (unpaired) electrons. The Morgan fingerprint density at radius 2 is 1.78 bits per heavy atom. The van der Waals surface area contributed by atoms with Crippen molar-refractivity contribution in [2.75, 3.05) is 49.1 Å². The van der Waals surface area contributed by atoms with Gasteiger partial charge in [0.15, 0.2) is 5.76 Å². The standard InChI is InChI=1S/C30H34N4O3/c1-4-33(5-2)23-11-9-22(10-12-23)19-26-29(36)28-21(3)18-25(35)24(30(28)37-26)20-32-14-16-34(17-15-32)27-8-6-7-13-31-27/h6-13,18-19,35H,4-5,14-17,20H2,1-3H3/b26-19+. The third-order valence-corrected chi connectivity index (χ3v) is 7.27. The Bertz CT molecular complexity index is 1290. The summed E-state index contributed by atoms with van der Waals surface area (Å²) in [6.07, 6.45) is 3.61. The van der Waals surface area contributed by atoms with Gasteiger partial charge in [0.1, 0.15) is 17.3 Å². The van der Waals surface area contributed by atoms with Crippen LogP contribution in [0.4, 0.5) is 11.5 Å². The van der Waals surface area contributed by atoms with Crippen LogP contribution in [0.5, 0.6) is 11.5 Å². The molecule has 7 nitrogen and oxygen atoms in total. The highest BCUT2D eigenvalue weighted by molar-refractivity contribution is 6.15. The molecule has 7 heteroatoms. The zero-order valence-corrected chi connectivity index (χ0v) is 21.8. The second-order valence-electron chi connectivity index (χ2n) is 9.55. The number of ketones is 1. The molecule has 37 heavy (non-hydrogen) atoms. The van der Waals surface area contributed by atoms with E-state index in [2.05, 4.69) is 45.7 Å². The lowest BCUT2D eigenvalue weighted by Gasteiger charge is -2.35. The molecule has 1 N–H and O–H groups in total. The Kier molecular flexibility index (Phi) is 7.15. The Morgan fingerprint density at radius 3 is 2.43 bits per heavy atom. The van der Waals surface area contributed by atoms with Gasteiger partial charge in [0.05, 0.1) is 11.1 Å². The van der Waals surface area contributed by atoms with E-state index in [0.717, 1.165) is 61.9 Å². The third kappa shape index (κ3) is 5.04. The first-order chi connectivity index (χ1) is 18.0. The summed E-state index contributed by atoms with van der Waals surface area (Å²) in [4.78, 5) is 24.6. The lowest BCUT2D eigenvalue weighted by molar-refractivity contribution is 0.101. The Balaban J connectivity index is 1.34. The van der Waals surface area contributed by atoms with Gasteiger partial charge >= 0.3 is 0 Å². The van der Waals surface area contributed by atoms with Gasteiger partial charge in [-0.1, -0.05) is 18.2 Å². The van der Waals surface area contributed by atoms with Crippen molar-refractivity contribution in [1.82, 2.24) is 9.88 Å². The number of anilines is 2. The van der Waals surface area contributed by atoms with Gasteiger partial charge in [-0.05, 0) is 68.3 Å². The maximum absolute atomic E-state index is 13.3. The average Bonchev–Trinajstić information content (AvgIpc) is 3.25. The summed E-state index contributed by atoms with van der Waals surface area (Å²) < 4.78 is 6.16. The Hall–Kier alpha value is -3.84. The van der Waals surface area contributed by atoms with Crippen molar-refractivity contribution >= 4 is 23.4 Å². The minimum absolute atomic E-state index is 0.137. The molecule has 1 aromatic heterocycles. The summed E-state index contributed by atoms with van der Waals surface area (Å²) in [5, 5.41) is 10.8. The van der Waals surface area contributed by atoms with Gasteiger partial charge in [-0.3, -0.25) is 9.69 Å². The van der Waals surface area contributed by atoms with Crippen LogP contribution >= 0.6 is 0 Å². The molecule has 0 amide bonds. The highest BCUT2D eigenvalue weighted by atomic mass is 16.5. The number of rotatable bonds is 7. The number of fused-ring (bicyclic) bond motifs is 1. The summed E-state index contributed by atoms with van der Waals surface area (Å²) >= 11 is 0. The normalized spacial score (nSPS) is 16.7. The van der Waals surface area contributed by atoms with Crippen molar-refractivity contribution in [2.24, 2.45) is 0 Å². The number of carbonyl (C=O) groups excluding carboxylic acids is 1. The number of carbonyl (C=O) groups is 1. The van der Waals surface area contributed by atoms with Gasteiger partial charge in [0.2, 0.25) is 5.78 Å². The number of benzene rings is 2. The van der Waals surface area contributed by atoms with Crippen LogP contribution in [-0.2, 0) is 6.54 Å². The molecule has 0 bridgehead atoms. The molecule has 0 unspecified atom stereocenters. The molecule has 0 spiro atoms. The quantitative estimate of drug-likeness (QED) is 0.466. The van der Waals surface area contributed by atoms with Gasteiger partial charge in [-0.25, -0.2) is 4.98 Å². The highest BCUT2D eigenvalue weighted by Crippen LogP contribution is 2.42. The van der Waals surface area contributed by atoms with Gasteiger partial charge in [-0.2, -0.15) is 0 Å². The monoisotopic (exact) mass is 498 g/mol. The fraction of sp³-hybridized carbons (Fsp3) is 0.333. The molecule has 2 aliphatic heterocycles. The third-order valence-electron chi connectivity index (χ3n) is 7.27. The van der Waals surface area contributed by atoms with Gasteiger partial charge < -0.3 is 19.6 Å². The SMILES string of the molecule is CCN(CC)c1ccc(/C=C2/Oc3c(CN4CCN(c5ccccn5)CC4)c(O)cc(C)c3C2=O)cc1. The first-order valence-electron chi connectivity index (χ1n) is 13.0. The van der Waals surface area contributed by atoms with Gasteiger partial charge in [-0.15, -0.1) is 0 Å². The van der Waals surface area contributed by atoms with Crippen LogP contribution in [0.1, 0.15) is 40.9 Å². The molecule has 2 aliphatic rings. The number of aromatic nitrogens is 1. The first-order valence-corrected chi connectivity index (χ1v) is 13.0. The van der Waals surface area contributed by atoms with E-state index in [1.54, 1.807) is 12.1 Å². The summed E-state index contributed by atoms with van der Waals surface area (Å²) in [5.41, 5.74) is 3.99. The number of hydrogen-bond acceptors (Lipinski definition) is 7. The maximum atomic E-state index is 13.3. The van der Waals surface area contributed by atoms with E-state index in [0.29, 0.717) is 29.2 Å². The number of piperazine rings is 1. The molecule has 1 saturated heterocycles. The number of phenols is 1. The van der Waals surface area contributed by atoms with E-state index >= 15 is 0 Å². The van der Waals surface area contributed by atoms with E-state index in [1.807, 2.05) is 43.5 Å².